The standard InChI is InChI=1S/C15H28BrNO2/c1-14(2)10-12(11-15(3,4)17-14)19-13(18)8-6-5-7-9-16/h12,17H,5-11H2,1-4H3. The molecule has 0 unspecified atom stereocenters. The molecular weight excluding hydrogens is 306 g/mol. The fraction of sp³-hybridized carbons (Fsp3) is 0.933. The fourth-order valence-electron chi connectivity index (χ4n) is 3.10. The lowest BCUT2D eigenvalue weighted by atomic mass is 9.81. The predicted octanol–water partition coefficient (Wildman–Crippen LogP) is 3.79. The van der Waals surface area contributed by atoms with E-state index in [1.165, 1.54) is 0 Å². The molecule has 0 amide bonds. The quantitative estimate of drug-likeness (QED) is 0.456. The van der Waals surface area contributed by atoms with E-state index in [2.05, 4.69) is 48.9 Å². The molecule has 3 nitrogen and oxygen atoms in total. The van der Waals surface area contributed by atoms with E-state index in [1.807, 2.05) is 0 Å². The van der Waals surface area contributed by atoms with Crippen LogP contribution in [0.2, 0.25) is 0 Å². The molecule has 0 aromatic heterocycles. The molecule has 1 saturated heterocycles. The lowest BCUT2D eigenvalue weighted by molar-refractivity contribution is -0.153. The maximum Gasteiger partial charge on any atom is 0.306 e. The number of hydrogen-bond donors (Lipinski definition) is 1. The Hall–Kier alpha value is -0.0900. The maximum absolute atomic E-state index is 11.8. The van der Waals surface area contributed by atoms with Crippen LogP contribution in [0.4, 0.5) is 0 Å². The highest BCUT2D eigenvalue weighted by Crippen LogP contribution is 2.30. The van der Waals surface area contributed by atoms with Gasteiger partial charge in [0, 0.05) is 35.7 Å². The van der Waals surface area contributed by atoms with Gasteiger partial charge in [-0.1, -0.05) is 22.4 Å². The van der Waals surface area contributed by atoms with Crippen LogP contribution in [0.1, 0.15) is 66.2 Å². The van der Waals surface area contributed by atoms with Crippen molar-refractivity contribution in [3.8, 4) is 0 Å². The number of rotatable bonds is 6. The zero-order valence-electron chi connectivity index (χ0n) is 12.7. The first-order chi connectivity index (χ1) is 8.74. The molecule has 0 aromatic rings. The Morgan fingerprint density at radius 2 is 1.74 bits per heavy atom. The maximum atomic E-state index is 11.8. The smallest absolute Gasteiger partial charge is 0.306 e. The van der Waals surface area contributed by atoms with E-state index in [1.54, 1.807) is 0 Å². The van der Waals surface area contributed by atoms with Crippen molar-refractivity contribution in [2.75, 3.05) is 5.33 Å². The number of esters is 1. The number of piperidine rings is 1. The van der Waals surface area contributed by atoms with Crippen molar-refractivity contribution in [1.29, 1.82) is 0 Å². The molecule has 0 radical (unpaired) electrons. The highest BCUT2D eigenvalue weighted by atomic mass is 79.9. The number of halogens is 1. The average Bonchev–Trinajstić information content (AvgIpc) is 2.19. The van der Waals surface area contributed by atoms with E-state index in [0.29, 0.717) is 6.42 Å². The molecule has 1 aliphatic rings. The van der Waals surface area contributed by atoms with Crippen LogP contribution >= 0.6 is 15.9 Å². The summed E-state index contributed by atoms with van der Waals surface area (Å²) >= 11 is 3.40. The number of unbranched alkanes of at least 4 members (excludes halogenated alkanes) is 2. The second kappa shape index (κ2) is 7.07. The summed E-state index contributed by atoms with van der Waals surface area (Å²) in [6, 6.07) is 0. The first kappa shape index (κ1) is 17.0. The van der Waals surface area contributed by atoms with Crippen LogP contribution < -0.4 is 5.32 Å². The minimum absolute atomic E-state index is 0.0304. The highest BCUT2D eigenvalue weighted by molar-refractivity contribution is 9.09. The molecule has 1 aliphatic heterocycles. The Bertz CT molecular complexity index is 287. The topological polar surface area (TPSA) is 38.3 Å². The van der Waals surface area contributed by atoms with Gasteiger partial charge in [0.25, 0.3) is 0 Å². The molecule has 1 rings (SSSR count). The summed E-state index contributed by atoms with van der Waals surface area (Å²) in [5, 5.41) is 4.61. The van der Waals surface area contributed by atoms with Gasteiger partial charge in [-0.3, -0.25) is 4.79 Å². The van der Waals surface area contributed by atoms with Crippen molar-refractivity contribution in [3.63, 3.8) is 0 Å². The number of carbonyl (C=O) groups excluding carboxylic acids is 1. The van der Waals surface area contributed by atoms with Crippen LogP contribution in [-0.4, -0.2) is 28.5 Å². The molecule has 0 aliphatic carbocycles. The van der Waals surface area contributed by atoms with Crippen LogP contribution in [-0.2, 0) is 9.53 Å². The van der Waals surface area contributed by atoms with Gasteiger partial charge in [-0.2, -0.15) is 0 Å². The number of ether oxygens (including phenoxy) is 1. The Morgan fingerprint density at radius 1 is 1.16 bits per heavy atom. The number of hydrogen-bond acceptors (Lipinski definition) is 3. The third-order valence-electron chi connectivity index (χ3n) is 3.47. The summed E-state index contributed by atoms with van der Waals surface area (Å²) < 4.78 is 5.65. The van der Waals surface area contributed by atoms with E-state index < -0.39 is 0 Å². The fourth-order valence-corrected chi connectivity index (χ4v) is 3.49. The lowest BCUT2D eigenvalue weighted by Gasteiger charge is -2.45. The Morgan fingerprint density at radius 3 is 2.26 bits per heavy atom. The van der Waals surface area contributed by atoms with Gasteiger partial charge in [0.05, 0.1) is 0 Å². The second-order valence-corrected chi connectivity index (χ2v) is 7.71. The summed E-state index contributed by atoms with van der Waals surface area (Å²) in [5.41, 5.74) is 0.0608. The zero-order chi connectivity index (χ0) is 14.5. The van der Waals surface area contributed by atoms with Gasteiger partial charge in [-0.25, -0.2) is 0 Å². The van der Waals surface area contributed by atoms with Crippen LogP contribution in [0.3, 0.4) is 0 Å². The van der Waals surface area contributed by atoms with Gasteiger partial charge >= 0.3 is 5.97 Å². The average molecular weight is 334 g/mol. The summed E-state index contributed by atoms with van der Waals surface area (Å²) in [6.45, 7) is 8.69. The van der Waals surface area contributed by atoms with E-state index in [9.17, 15) is 4.79 Å². The Balaban J connectivity index is 2.37. The molecule has 19 heavy (non-hydrogen) atoms. The van der Waals surface area contributed by atoms with Gasteiger partial charge in [-0.05, 0) is 40.5 Å². The molecule has 0 atom stereocenters. The predicted molar refractivity (Wildman–Crippen MR) is 82.7 cm³/mol. The molecule has 4 heteroatoms. The van der Waals surface area contributed by atoms with Crippen LogP contribution in [0.5, 0.6) is 0 Å². The zero-order valence-corrected chi connectivity index (χ0v) is 14.3. The molecule has 0 bridgehead atoms. The van der Waals surface area contributed by atoms with Crippen LogP contribution in [0.25, 0.3) is 0 Å². The Kier molecular flexibility index (Phi) is 6.31. The van der Waals surface area contributed by atoms with Gasteiger partial charge in [-0.15, -0.1) is 0 Å². The van der Waals surface area contributed by atoms with E-state index in [-0.39, 0.29) is 23.2 Å². The minimum Gasteiger partial charge on any atom is -0.462 e. The van der Waals surface area contributed by atoms with Crippen molar-refractivity contribution in [2.45, 2.75) is 83.4 Å². The summed E-state index contributed by atoms with van der Waals surface area (Å²) in [6.07, 6.45) is 5.53. The summed E-state index contributed by atoms with van der Waals surface area (Å²) in [7, 11) is 0. The van der Waals surface area contributed by atoms with Crippen molar-refractivity contribution < 1.29 is 9.53 Å². The molecule has 1 fully saturated rings. The van der Waals surface area contributed by atoms with Crippen LogP contribution in [0, 0.1) is 0 Å². The van der Waals surface area contributed by atoms with Gasteiger partial charge < -0.3 is 10.1 Å². The van der Waals surface area contributed by atoms with Crippen molar-refractivity contribution >= 4 is 21.9 Å². The summed E-state index contributed by atoms with van der Waals surface area (Å²) in [4.78, 5) is 11.8. The lowest BCUT2D eigenvalue weighted by Crippen LogP contribution is -2.59. The van der Waals surface area contributed by atoms with Crippen molar-refractivity contribution in [2.24, 2.45) is 0 Å². The third kappa shape index (κ3) is 6.75. The number of carbonyl (C=O) groups is 1. The van der Waals surface area contributed by atoms with E-state index >= 15 is 0 Å². The van der Waals surface area contributed by atoms with Gasteiger partial charge in [0.2, 0.25) is 0 Å². The highest BCUT2D eigenvalue weighted by Gasteiger charge is 2.39. The Labute approximate surface area is 126 Å². The van der Waals surface area contributed by atoms with Crippen molar-refractivity contribution in [3.05, 3.63) is 0 Å². The van der Waals surface area contributed by atoms with Gasteiger partial charge in [0.1, 0.15) is 6.10 Å². The van der Waals surface area contributed by atoms with E-state index in [0.717, 1.165) is 37.4 Å². The van der Waals surface area contributed by atoms with Crippen molar-refractivity contribution in [1.82, 2.24) is 5.32 Å². The monoisotopic (exact) mass is 333 g/mol. The molecular formula is C15H28BrNO2. The van der Waals surface area contributed by atoms with Gasteiger partial charge in [0.15, 0.2) is 0 Å². The van der Waals surface area contributed by atoms with E-state index in [4.69, 9.17) is 4.74 Å². The molecule has 0 aromatic carbocycles. The first-order valence-corrected chi connectivity index (χ1v) is 8.41. The SMILES string of the molecule is CC1(C)CC(OC(=O)CCCCCBr)CC(C)(C)N1. The molecule has 1 heterocycles. The first-order valence-electron chi connectivity index (χ1n) is 7.29. The normalized spacial score (nSPS) is 22.2. The molecule has 112 valence electrons. The number of alkyl halides is 1. The third-order valence-corrected chi connectivity index (χ3v) is 4.03. The second-order valence-electron chi connectivity index (χ2n) is 6.91. The van der Waals surface area contributed by atoms with Crippen LogP contribution in [0.15, 0.2) is 0 Å². The number of nitrogens with one attached hydrogen (secondary N) is 1. The molecule has 1 N–H and O–H groups in total. The molecule has 0 spiro atoms. The largest absolute Gasteiger partial charge is 0.462 e. The summed E-state index contributed by atoms with van der Waals surface area (Å²) in [5.74, 6) is -0.0342. The molecule has 0 saturated carbocycles. The minimum atomic E-state index is -0.0342.